The third-order valence-electron chi connectivity index (χ3n) is 2.93. The molecule has 5 heteroatoms. The fraction of sp³-hybridized carbons (Fsp3) is 0.176. The van der Waals surface area contributed by atoms with Gasteiger partial charge < -0.3 is 14.8 Å². The number of methoxy groups -OCH3 is 1. The maximum atomic E-state index is 12.9. The summed E-state index contributed by atoms with van der Waals surface area (Å²) in [5.74, 6) is 3.47. The second-order valence-corrected chi connectivity index (χ2v) is 5.62. The van der Waals surface area contributed by atoms with Crippen molar-refractivity contribution in [1.82, 2.24) is 0 Å². The molecule has 0 aliphatic heterocycles. The van der Waals surface area contributed by atoms with E-state index < -0.39 is 0 Å². The molecule has 1 N–H and O–H groups in total. The summed E-state index contributed by atoms with van der Waals surface area (Å²) < 4.78 is 24.7. The number of rotatable bonds is 6. The first-order chi connectivity index (χ1) is 10.6. The van der Waals surface area contributed by atoms with Crippen LogP contribution in [0.3, 0.4) is 0 Å². The monoisotopic (exact) mass is 411 g/mol. The molecule has 0 atom stereocenters. The van der Waals surface area contributed by atoms with Crippen LogP contribution in [0.4, 0.5) is 10.1 Å². The molecule has 0 fully saturated rings. The van der Waals surface area contributed by atoms with E-state index in [0.29, 0.717) is 18.0 Å². The Kier molecular flexibility index (Phi) is 5.90. The molecule has 0 amide bonds. The predicted octanol–water partition coefficient (Wildman–Crippen LogP) is 4.06. The number of nitrogens with one attached hydrogen (secondary N) is 1. The number of hydrogen-bond donors (Lipinski definition) is 1. The third kappa shape index (κ3) is 4.28. The first-order valence-corrected chi connectivity index (χ1v) is 7.64. The number of ether oxygens (including phenoxy) is 2. The summed E-state index contributed by atoms with van der Waals surface area (Å²) in [4.78, 5) is 0. The number of benzene rings is 2. The first kappa shape index (κ1) is 16.4. The summed E-state index contributed by atoms with van der Waals surface area (Å²) in [5.41, 5.74) is 1.88. The average molecular weight is 411 g/mol. The average Bonchev–Trinajstić information content (AvgIpc) is 2.53. The Hall–Kier alpha value is -1.94. The molecule has 0 bridgehead atoms. The van der Waals surface area contributed by atoms with E-state index in [4.69, 9.17) is 15.9 Å². The van der Waals surface area contributed by atoms with Gasteiger partial charge in [0.25, 0.3) is 0 Å². The Morgan fingerprint density at radius 2 is 2.00 bits per heavy atom. The summed E-state index contributed by atoms with van der Waals surface area (Å²) in [6, 6.07) is 10.1. The Balaban J connectivity index is 2.13. The van der Waals surface area contributed by atoms with E-state index in [2.05, 4.69) is 33.8 Å². The van der Waals surface area contributed by atoms with Crippen LogP contribution >= 0.6 is 22.6 Å². The zero-order valence-corrected chi connectivity index (χ0v) is 14.2. The van der Waals surface area contributed by atoms with Gasteiger partial charge in [0.15, 0.2) is 11.5 Å². The van der Waals surface area contributed by atoms with Crippen molar-refractivity contribution in [3.05, 3.63) is 51.3 Å². The minimum absolute atomic E-state index is 0.194. The molecular formula is C17H15FINO2. The van der Waals surface area contributed by atoms with Crippen molar-refractivity contribution in [2.45, 2.75) is 6.54 Å². The van der Waals surface area contributed by atoms with Gasteiger partial charge in [0.2, 0.25) is 0 Å². The molecule has 0 aromatic heterocycles. The highest BCUT2D eigenvalue weighted by Crippen LogP contribution is 2.34. The van der Waals surface area contributed by atoms with Crippen LogP contribution in [-0.2, 0) is 6.54 Å². The molecule has 0 aliphatic rings. The number of terminal acetylenes is 1. The Morgan fingerprint density at radius 3 is 2.64 bits per heavy atom. The molecule has 0 spiro atoms. The lowest BCUT2D eigenvalue weighted by Gasteiger charge is -2.14. The second-order valence-electron chi connectivity index (χ2n) is 4.46. The highest BCUT2D eigenvalue weighted by molar-refractivity contribution is 14.1. The van der Waals surface area contributed by atoms with Gasteiger partial charge >= 0.3 is 0 Å². The molecule has 2 rings (SSSR count). The van der Waals surface area contributed by atoms with Gasteiger partial charge in [0.1, 0.15) is 12.4 Å². The summed E-state index contributed by atoms with van der Waals surface area (Å²) >= 11 is 2.18. The van der Waals surface area contributed by atoms with Crippen molar-refractivity contribution in [2.75, 3.05) is 19.0 Å². The fourth-order valence-corrected chi connectivity index (χ4v) is 2.72. The van der Waals surface area contributed by atoms with Gasteiger partial charge in [-0.2, -0.15) is 0 Å². The van der Waals surface area contributed by atoms with E-state index >= 15 is 0 Å². The first-order valence-electron chi connectivity index (χ1n) is 6.56. The maximum absolute atomic E-state index is 12.9. The second kappa shape index (κ2) is 7.90. The molecule has 0 heterocycles. The van der Waals surface area contributed by atoms with Crippen molar-refractivity contribution in [3.63, 3.8) is 0 Å². The largest absolute Gasteiger partial charge is 0.493 e. The molecule has 0 unspecified atom stereocenters. The van der Waals surface area contributed by atoms with Gasteiger partial charge in [-0.1, -0.05) is 5.92 Å². The molecule has 0 aliphatic carbocycles. The molecule has 3 nitrogen and oxygen atoms in total. The zero-order chi connectivity index (χ0) is 15.9. The lowest BCUT2D eigenvalue weighted by Crippen LogP contribution is -2.03. The van der Waals surface area contributed by atoms with Crippen LogP contribution in [0.5, 0.6) is 11.5 Å². The fourth-order valence-electron chi connectivity index (χ4n) is 1.90. The van der Waals surface area contributed by atoms with Crippen molar-refractivity contribution >= 4 is 28.3 Å². The number of anilines is 1. The van der Waals surface area contributed by atoms with Crippen molar-refractivity contribution in [3.8, 4) is 23.8 Å². The molecule has 0 saturated carbocycles. The van der Waals surface area contributed by atoms with Gasteiger partial charge in [-0.25, -0.2) is 4.39 Å². The number of hydrogen-bond acceptors (Lipinski definition) is 3. The summed E-state index contributed by atoms with van der Waals surface area (Å²) in [5, 5.41) is 3.23. The normalized spacial score (nSPS) is 9.91. The molecule has 0 saturated heterocycles. The minimum Gasteiger partial charge on any atom is -0.493 e. The quantitative estimate of drug-likeness (QED) is 0.575. The van der Waals surface area contributed by atoms with Crippen molar-refractivity contribution in [2.24, 2.45) is 0 Å². The van der Waals surface area contributed by atoms with Crippen LogP contribution in [0.15, 0.2) is 36.4 Å². The Bertz CT molecular complexity index is 680. The van der Waals surface area contributed by atoms with Crippen molar-refractivity contribution < 1.29 is 13.9 Å². The standard InChI is InChI=1S/C17H15FINO2/c1-3-8-22-17-15(19)9-12(10-16(17)21-2)11-20-14-6-4-13(18)5-7-14/h1,4-7,9-10,20H,8,11H2,2H3. The maximum Gasteiger partial charge on any atom is 0.175 e. The topological polar surface area (TPSA) is 30.5 Å². The predicted molar refractivity (Wildman–Crippen MR) is 93.8 cm³/mol. The van der Waals surface area contributed by atoms with Gasteiger partial charge in [-0.3, -0.25) is 0 Å². The summed E-state index contributed by atoms with van der Waals surface area (Å²) in [7, 11) is 1.59. The van der Waals surface area contributed by atoms with Gasteiger partial charge in [0, 0.05) is 12.2 Å². The summed E-state index contributed by atoms with van der Waals surface area (Å²) in [6.45, 7) is 0.785. The molecule has 2 aromatic carbocycles. The lowest BCUT2D eigenvalue weighted by molar-refractivity contribution is 0.328. The van der Waals surface area contributed by atoms with Gasteiger partial charge in [-0.15, -0.1) is 6.42 Å². The highest BCUT2D eigenvalue weighted by atomic mass is 127. The minimum atomic E-state index is -0.253. The molecule has 0 radical (unpaired) electrons. The summed E-state index contributed by atoms with van der Waals surface area (Å²) in [6.07, 6.45) is 5.22. The van der Waals surface area contributed by atoms with Crippen LogP contribution in [-0.4, -0.2) is 13.7 Å². The Labute approximate surface area is 143 Å². The van der Waals surface area contributed by atoms with Crippen LogP contribution in [0.2, 0.25) is 0 Å². The van der Waals surface area contributed by atoms with E-state index in [1.54, 1.807) is 19.2 Å². The van der Waals surface area contributed by atoms with Crippen LogP contribution in [0.1, 0.15) is 5.56 Å². The van der Waals surface area contributed by atoms with E-state index in [0.717, 1.165) is 14.8 Å². The molecule has 2 aromatic rings. The van der Waals surface area contributed by atoms with E-state index in [1.807, 2.05) is 12.1 Å². The number of halogens is 2. The van der Waals surface area contributed by atoms with E-state index in [9.17, 15) is 4.39 Å². The van der Waals surface area contributed by atoms with Crippen molar-refractivity contribution in [1.29, 1.82) is 0 Å². The Morgan fingerprint density at radius 1 is 1.27 bits per heavy atom. The van der Waals surface area contributed by atoms with Gasteiger partial charge in [0.05, 0.1) is 10.7 Å². The van der Waals surface area contributed by atoms with Crippen LogP contribution in [0, 0.1) is 21.7 Å². The molecular weight excluding hydrogens is 396 g/mol. The van der Waals surface area contributed by atoms with E-state index in [1.165, 1.54) is 12.1 Å². The highest BCUT2D eigenvalue weighted by Gasteiger charge is 2.11. The lowest BCUT2D eigenvalue weighted by atomic mass is 10.2. The van der Waals surface area contributed by atoms with Crippen LogP contribution < -0.4 is 14.8 Å². The molecule has 22 heavy (non-hydrogen) atoms. The van der Waals surface area contributed by atoms with E-state index in [-0.39, 0.29) is 12.4 Å². The smallest absolute Gasteiger partial charge is 0.175 e. The zero-order valence-electron chi connectivity index (χ0n) is 12.0. The van der Waals surface area contributed by atoms with Crippen LogP contribution in [0.25, 0.3) is 0 Å². The SMILES string of the molecule is C#CCOc1c(I)cc(CNc2ccc(F)cc2)cc1OC. The third-order valence-corrected chi connectivity index (χ3v) is 3.73. The van der Waals surface area contributed by atoms with Gasteiger partial charge in [-0.05, 0) is 64.6 Å². The molecule has 114 valence electrons.